The Kier molecular flexibility index (Phi) is 7.00. The van der Waals surface area contributed by atoms with Crippen molar-refractivity contribution in [2.75, 3.05) is 0 Å². The highest BCUT2D eigenvalue weighted by Crippen LogP contribution is 2.26. The van der Waals surface area contributed by atoms with Crippen molar-refractivity contribution in [1.29, 1.82) is 0 Å². The molecule has 1 aromatic carbocycles. The van der Waals surface area contributed by atoms with Gasteiger partial charge >= 0.3 is 18.1 Å². The first-order valence-corrected chi connectivity index (χ1v) is 6.79. The second-order valence-corrected chi connectivity index (χ2v) is 4.92. The molecule has 0 radical (unpaired) electrons. The molecule has 2 rings (SSSR count). The number of aromatic nitrogens is 3. The number of aliphatic carboxylic acids is 1. The van der Waals surface area contributed by atoms with Crippen molar-refractivity contribution in [2.45, 2.75) is 12.8 Å². The van der Waals surface area contributed by atoms with Crippen LogP contribution >= 0.6 is 23.2 Å². The van der Waals surface area contributed by atoms with Gasteiger partial charge in [0, 0.05) is 6.07 Å². The summed E-state index contributed by atoms with van der Waals surface area (Å²) < 4.78 is 37.1. The lowest BCUT2D eigenvalue weighted by Gasteiger charge is -2.05. The Morgan fingerprint density at radius 1 is 1.20 bits per heavy atom. The number of H-pyrrole nitrogens is 1. The SMILES string of the molecule is O=C(O)C(F)(F)F.O=C(O)c1[nH]nnc1COc1ccc(Cl)c(Cl)c1. The van der Waals surface area contributed by atoms with E-state index in [1.54, 1.807) is 12.1 Å². The fourth-order valence-corrected chi connectivity index (χ4v) is 1.53. The third-order valence-corrected chi connectivity index (χ3v) is 3.08. The number of nitrogens with one attached hydrogen (secondary N) is 1. The Hall–Kier alpha value is -2.53. The monoisotopic (exact) mass is 401 g/mol. The van der Waals surface area contributed by atoms with Gasteiger partial charge in [-0.1, -0.05) is 28.4 Å². The van der Waals surface area contributed by atoms with Gasteiger partial charge in [-0.3, -0.25) is 5.10 Å². The Morgan fingerprint density at radius 2 is 1.80 bits per heavy atom. The molecule has 0 atom stereocenters. The van der Waals surface area contributed by atoms with Crippen LogP contribution in [0.5, 0.6) is 5.75 Å². The molecular weight excluding hydrogens is 394 g/mol. The van der Waals surface area contributed by atoms with E-state index in [1.165, 1.54) is 6.07 Å². The third kappa shape index (κ3) is 6.47. The Labute approximate surface area is 147 Å². The van der Waals surface area contributed by atoms with Crippen LogP contribution in [0.25, 0.3) is 0 Å². The minimum atomic E-state index is -5.08. The van der Waals surface area contributed by atoms with E-state index in [1.807, 2.05) is 0 Å². The first-order chi connectivity index (χ1) is 11.5. The van der Waals surface area contributed by atoms with Gasteiger partial charge in [0.05, 0.1) is 10.0 Å². The number of rotatable bonds is 4. The van der Waals surface area contributed by atoms with Gasteiger partial charge in [0.1, 0.15) is 18.1 Å². The summed E-state index contributed by atoms with van der Waals surface area (Å²) in [5, 5.41) is 26.0. The van der Waals surface area contributed by atoms with E-state index in [0.717, 1.165) is 0 Å². The van der Waals surface area contributed by atoms with E-state index in [-0.39, 0.29) is 18.0 Å². The van der Waals surface area contributed by atoms with Crippen LogP contribution in [-0.4, -0.2) is 43.7 Å². The molecule has 0 unspecified atom stereocenters. The molecule has 0 aliphatic carbocycles. The largest absolute Gasteiger partial charge is 0.490 e. The molecule has 1 heterocycles. The van der Waals surface area contributed by atoms with Gasteiger partial charge in [0.2, 0.25) is 0 Å². The zero-order valence-electron chi connectivity index (χ0n) is 11.8. The smallest absolute Gasteiger partial charge is 0.487 e. The van der Waals surface area contributed by atoms with Crippen molar-refractivity contribution in [1.82, 2.24) is 15.4 Å². The van der Waals surface area contributed by atoms with Crippen LogP contribution in [0.2, 0.25) is 10.0 Å². The number of alkyl halides is 3. The maximum absolute atomic E-state index is 10.8. The fraction of sp³-hybridized carbons (Fsp3) is 0.167. The number of hydrogen-bond donors (Lipinski definition) is 3. The summed E-state index contributed by atoms with van der Waals surface area (Å²) in [7, 11) is 0. The molecule has 0 saturated carbocycles. The Morgan fingerprint density at radius 3 is 2.28 bits per heavy atom. The third-order valence-electron chi connectivity index (χ3n) is 2.34. The molecule has 25 heavy (non-hydrogen) atoms. The van der Waals surface area contributed by atoms with E-state index in [2.05, 4.69) is 15.4 Å². The van der Waals surface area contributed by atoms with Gasteiger partial charge in [-0.2, -0.15) is 13.2 Å². The predicted octanol–water partition coefficient (Wildman–Crippen LogP) is 3.02. The average Bonchev–Trinajstić information content (AvgIpc) is 2.97. The Bertz CT molecular complexity index is 767. The highest BCUT2D eigenvalue weighted by molar-refractivity contribution is 6.42. The molecule has 0 spiro atoms. The number of carbonyl (C=O) groups is 2. The van der Waals surface area contributed by atoms with Gasteiger partial charge in [-0.15, -0.1) is 5.10 Å². The summed E-state index contributed by atoms with van der Waals surface area (Å²) in [6, 6.07) is 4.74. The second-order valence-electron chi connectivity index (χ2n) is 4.11. The van der Waals surface area contributed by atoms with E-state index in [4.69, 9.17) is 42.9 Å². The van der Waals surface area contributed by atoms with Gasteiger partial charge < -0.3 is 14.9 Å². The summed E-state index contributed by atoms with van der Waals surface area (Å²) in [6.45, 7) is -0.0317. The van der Waals surface area contributed by atoms with Crippen LogP contribution in [0, 0.1) is 0 Å². The summed E-state index contributed by atoms with van der Waals surface area (Å²) in [5.41, 5.74) is 0.101. The van der Waals surface area contributed by atoms with E-state index < -0.39 is 18.1 Å². The molecular formula is C12H8Cl2F3N3O5. The number of aromatic amines is 1. The number of nitrogens with zero attached hydrogens (tertiary/aromatic N) is 2. The molecule has 2 aromatic rings. The van der Waals surface area contributed by atoms with Crippen molar-refractivity contribution in [2.24, 2.45) is 0 Å². The lowest BCUT2D eigenvalue weighted by molar-refractivity contribution is -0.192. The van der Waals surface area contributed by atoms with Crippen LogP contribution < -0.4 is 4.74 Å². The van der Waals surface area contributed by atoms with Crippen molar-refractivity contribution in [3.05, 3.63) is 39.6 Å². The lowest BCUT2D eigenvalue weighted by atomic mass is 10.3. The molecule has 0 aliphatic heterocycles. The van der Waals surface area contributed by atoms with Crippen molar-refractivity contribution >= 4 is 35.1 Å². The van der Waals surface area contributed by atoms with Gasteiger partial charge in [0.15, 0.2) is 5.69 Å². The maximum Gasteiger partial charge on any atom is 0.490 e. The van der Waals surface area contributed by atoms with Crippen LogP contribution in [0.15, 0.2) is 18.2 Å². The molecule has 8 nitrogen and oxygen atoms in total. The molecule has 0 saturated heterocycles. The normalized spacial score (nSPS) is 10.6. The average molecular weight is 402 g/mol. The van der Waals surface area contributed by atoms with Crippen LogP contribution in [0.4, 0.5) is 13.2 Å². The zero-order valence-corrected chi connectivity index (χ0v) is 13.4. The quantitative estimate of drug-likeness (QED) is 0.718. The van der Waals surface area contributed by atoms with E-state index in [9.17, 15) is 18.0 Å². The summed E-state index contributed by atoms with van der Waals surface area (Å²) >= 11 is 11.6. The molecule has 1 aromatic heterocycles. The van der Waals surface area contributed by atoms with Crippen LogP contribution in [-0.2, 0) is 11.4 Å². The number of carboxylic acid groups (broad SMARTS) is 2. The number of aromatic carboxylic acids is 1. The summed E-state index contributed by atoms with van der Waals surface area (Å²) in [5.74, 6) is -3.44. The fourth-order valence-electron chi connectivity index (χ4n) is 1.24. The van der Waals surface area contributed by atoms with Crippen LogP contribution in [0.1, 0.15) is 16.2 Å². The number of halogens is 5. The first kappa shape index (κ1) is 20.5. The molecule has 13 heteroatoms. The summed E-state index contributed by atoms with van der Waals surface area (Å²) in [6.07, 6.45) is -5.08. The first-order valence-electron chi connectivity index (χ1n) is 6.03. The van der Waals surface area contributed by atoms with Gasteiger partial charge in [0.25, 0.3) is 0 Å². The number of carboxylic acids is 2. The minimum Gasteiger partial charge on any atom is -0.487 e. The zero-order chi connectivity index (χ0) is 19.2. The molecule has 3 N–H and O–H groups in total. The number of ether oxygens (including phenoxy) is 1. The van der Waals surface area contributed by atoms with E-state index in [0.29, 0.717) is 15.8 Å². The van der Waals surface area contributed by atoms with Gasteiger partial charge in [-0.25, -0.2) is 9.59 Å². The molecule has 0 amide bonds. The van der Waals surface area contributed by atoms with Crippen molar-refractivity contribution < 1.29 is 37.7 Å². The predicted molar refractivity (Wildman–Crippen MR) is 77.8 cm³/mol. The molecule has 136 valence electrons. The second kappa shape index (κ2) is 8.53. The van der Waals surface area contributed by atoms with E-state index >= 15 is 0 Å². The lowest BCUT2D eigenvalue weighted by Crippen LogP contribution is -2.21. The maximum atomic E-state index is 10.8. The van der Waals surface area contributed by atoms with Crippen molar-refractivity contribution in [3.8, 4) is 5.75 Å². The highest BCUT2D eigenvalue weighted by atomic mass is 35.5. The standard InChI is InChI=1S/C10H7Cl2N3O3.C2HF3O2/c11-6-2-1-5(3-7(6)12)18-4-8-9(10(16)17)14-15-13-8;3-2(4,5)1(6)7/h1-3H,4H2,(H,16,17)(H,13,14,15);(H,6,7). The molecule has 0 fully saturated rings. The minimum absolute atomic E-state index is 0.0317. The number of hydrogen-bond acceptors (Lipinski definition) is 5. The topological polar surface area (TPSA) is 125 Å². The molecule has 0 bridgehead atoms. The van der Waals surface area contributed by atoms with Crippen LogP contribution in [0.3, 0.4) is 0 Å². The number of benzene rings is 1. The molecule has 0 aliphatic rings. The summed E-state index contributed by atoms with van der Waals surface area (Å²) in [4.78, 5) is 19.7. The van der Waals surface area contributed by atoms with Crippen molar-refractivity contribution in [3.63, 3.8) is 0 Å². The van der Waals surface area contributed by atoms with Gasteiger partial charge in [-0.05, 0) is 12.1 Å². The Balaban J connectivity index is 0.000000381. The highest BCUT2D eigenvalue weighted by Gasteiger charge is 2.38.